The molecule has 0 bridgehead atoms. The summed E-state index contributed by atoms with van der Waals surface area (Å²) in [6, 6.07) is 7.19. The summed E-state index contributed by atoms with van der Waals surface area (Å²) in [5, 5.41) is 13.2. The van der Waals surface area contributed by atoms with Crippen molar-refractivity contribution in [3.8, 4) is 0 Å². The van der Waals surface area contributed by atoms with Crippen LogP contribution in [0.5, 0.6) is 0 Å². The Morgan fingerprint density at radius 3 is 2.35 bits per heavy atom. The van der Waals surface area contributed by atoms with Crippen LogP contribution >= 0.6 is 11.6 Å². The van der Waals surface area contributed by atoms with Gasteiger partial charge in [-0.05, 0) is 67.7 Å². The predicted octanol–water partition coefficient (Wildman–Crippen LogP) is 3.47. The van der Waals surface area contributed by atoms with Crippen molar-refractivity contribution in [3.63, 3.8) is 0 Å². The summed E-state index contributed by atoms with van der Waals surface area (Å²) in [7, 11) is 0. The molecule has 3 rings (SSSR count). The number of anilines is 1. The quantitative estimate of drug-likeness (QED) is 0.896. The number of aliphatic hydroxyl groups excluding tert-OH is 1. The van der Waals surface area contributed by atoms with E-state index in [2.05, 4.69) is 5.32 Å². The average Bonchev–Trinajstić information content (AvgIpc) is 2.88. The van der Waals surface area contributed by atoms with Crippen LogP contribution in [-0.2, 0) is 4.79 Å². The second kappa shape index (κ2) is 5.74. The second-order valence-corrected chi connectivity index (χ2v) is 6.68. The topological polar surface area (TPSA) is 49.3 Å². The second-order valence-electron chi connectivity index (χ2n) is 6.24. The lowest BCUT2D eigenvalue weighted by molar-refractivity contribution is -0.117. The van der Waals surface area contributed by atoms with Crippen LogP contribution in [-0.4, -0.2) is 17.1 Å². The van der Waals surface area contributed by atoms with Gasteiger partial charge < -0.3 is 10.4 Å². The molecule has 4 heteroatoms. The van der Waals surface area contributed by atoms with Gasteiger partial charge in [-0.1, -0.05) is 11.6 Å². The van der Waals surface area contributed by atoms with Crippen molar-refractivity contribution in [2.45, 2.75) is 38.2 Å². The first-order valence-corrected chi connectivity index (χ1v) is 7.71. The summed E-state index contributed by atoms with van der Waals surface area (Å²) in [6.07, 6.45) is 4.53. The molecule has 0 aromatic heterocycles. The highest BCUT2D eigenvalue weighted by molar-refractivity contribution is 6.30. The highest BCUT2D eigenvalue weighted by atomic mass is 35.5. The molecule has 4 atom stereocenters. The molecule has 0 radical (unpaired) electrons. The third kappa shape index (κ3) is 3.15. The molecule has 108 valence electrons. The lowest BCUT2D eigenvalue weighted by Crippen LogP contribution is -2.16. The smallest absolute Gasteiger partial charge is 0.224 e. The van der Waals surface area contributed by atoms with Gasteiger partial charge in [-0.2, -0.15) is 0 Å². The van der Waals surface area contributed by atoms with Gasteiger partial charge in [-0.15, -0.1) is 0 Å². The van der Waals surface area contributed by atoms with E-state index in [-0.39, 0.29) is 12.0 Å². The minimum atomic E-state index is -0.103. The van der Waals surface area contributed by atoms with Crippen LogP contribution in [0, 0.1) is 17.8 Å². The third-order valence-corrected chi connectivity index (χ3v) is 4.94. The van der Waals surface area contributed by atoms with Crippen molar-refractivity contribution >= 4 is 23.2 Å². The van der Waals surface area contributed by atoms with Gasteiger partial charge in [0.15, 0.2) is 0 Å². The summed E-state index contributed by atoms with van der Waals surface area (Å²) in [5.74, 6) is 1.83. The van der Waals surface area contributed by atoms with Gasteiger partial charge in [0.25, 0.3) is 0 Å². The van der Waals surface area contributed by atoms with Crippen molar-refractivity contribution in [2.24, 2.45) is 17.8 Å². The number of hydrogen-bond acceptors (Lipinski definition) is 2. The van der Waals surface area contributed by atoms with Gasteiger partial charge in [-0.3, -0.25) is 4.79 Å². The predicted molar refractivity (Wildman–Crippen MR) is 79.6 cm³/mol. The Morgan fingerprint density at radius 1 is 1.15 bits per heavy atom. The maximum absolute atomic E-state index is 12.0. The SMILES string of the molecule is O=C(C[C@H]1C[C@H]2CC(O)C[C@H]2C1)Nc1ccc(Cl)cc1. The van der Waals surface area contributed by atoms with E-state index >= 15 is 0 Å². The molecule has 0 spiro atoms. The van der Waals surface area contributed by atoms with Crippen LogP contribution in [0.15, 0.2) is 24.3 Å². The molecular formula is C16H20ClNO2. The fourth-order valence-electron chi connectivity index (χ4n) is 3.88. The number of aliphatic hydroxyl groups is 1. The number of benzene rings is 1. The zero-order valence-electron chi connectivity index (χ0n) is 11.4. The van der Waals surface area contributed by atoms with Crippen LogP contribution < -0.4 is 5.32 Å². The molecule has 1 aromatic rings. The summed E-state index contributed by atoms with van der Waals surface area (Å²) in [4.78, 5) is 12.0. The standard InChI is InChI=1S/C16H20ClNO2/c17-13-1-3-14(4-2-13)18-16(20)7-10-5-11-8-15(19)9-12(11)6-10/h1-4,10-12,15,19H,5-9H2,(H,18,20)/t10-,11-,12+,15?. The molecule has 0 aliphatic heterocycles. The fraction of sp³-hybridized carbons (Fsp3) is 0.562. The Balaban J connectivity index is 1.49. The van der Waals surface area contributed by atoms with Crippen LogP contribution in [0.4, 0.5) is 5.69 Å². The molecule has 1 unspecified atom stereocenters. The van der Waals surface area contributed by atoms with E-state index in [1.807, 2.05) is 12.1 Å². The molecule has 3 nitrogen and oxygen atoms in total. The number of rotatable bonds is 3. The van der Waals surface area contributed by atoms with E-state index in [0.29, 0.717) is 29.2 Å². The van der Waals surface area contributed by atoms with Crippen molar-refractivity contribution in [3.05, 3.63) is 29.3 Å². The molecule has 2 aliphatic rings. The van der Waals surface area contributed by atoms with Gasteiger partial charge >= 0.3 is 0 Å². The highest BCUT2D eigenvalue weighted by Crippen LogP contribution is 2.47. The molecule has 0 heterocycles. The summed E-state index contributed by atoms with van der Waals surface area (Å²) in [6.45, 7) is 0. The van der Waals surface area contributed by atoms with Crippen molar-refractivity contribution < 1.29 is 9.90 Å². The zero-order chi connectivity index (χ0) is 14.1. The third-order valence-electron chi connectivity index (χ3n) is 4.69. The zero-order valence-corrected chi connectivity index (χ0v) is 12.1. The number of carbonyl (C=O) groups excluding carboxylic acids is 1. The molecule has 1 aromatic carbocycles. The van der Waals surface area contributed by atoms with Gasteiger partial charge in [0.05, 0.1) is 6.10 Å². The molecule has 20 heavy (non-hydrogen) atoms. The largest absolute Gasteiger partial charge is 0.393 e. The molecular weight excluding hydrogens is 274 g/mol. The van der Waals surface area contributed by atoms with E-state index in [4.69, 9.17) is 11.6 Å². The van der Waals surface area contributed by atoms with Crippen LogP contribution in [0.1, 0.15) is 32.1 Å². The summed E-state index contributed by atoms with van der Waals surface area (Å²) < 4.78 is 0. The lowest BCUT2D eigenvalue weighted by atomic mass is 9.99. The maximum atomic E-state index is 12.0. The van der Waals surface area contributed by atoms with E-state index in [1.165, 1.54) is 0 Å². The summed E-state index contributed by atoms with van der Waals surface area (Å²) in [5.41, 5.74) is 0.799. The molecule has 0 saturated heterocycles. The minimum Gasteiger partial charge on any atom is -0.393 e. The van der Waals surface area contributed by atoms with Crippen LogP contribution in [0.2, 0.25) is 5.02 Å². The van der Waals surface area contributed by atoms with Crippen molar-refractivity contribution in [1.29, 1.82) is 0 Å². The molecule has 2 aliphatic carbocycles. The van der Waals surface area contributed by atoms with Crippen molar-refractivity contribution in [2.75, 3.05) is 5.32 Å². The van der Waals surface area contributed by atoms with E-state index in [9.17, 15) is 9.90 Å². The fourth-order valence-corrected chi connectivity index (χ4v) is 4.01. The monoisotopic (exact) mass is 293 g/mol. The van der Waals surface area contributed by atoms with Crippen molar-refractivity contribution in [1.82, 2.24) is 0 Å². The highest BCUT2D eigenvalue weighted by Gasteiger charge is 2.41. The first-order chi connectivity index (χ1) is 9.60. The number of nitrogens with one attached hydrogen (secondary N) is 1. The number of halogens is 1. The molecule has 2 saturated carbocycles. The molecule has 2 fully saturated rings. The first kappa shape index (κ1) is 13.9. The van der Waals surface area contributed by atoms with E-state index in [0.717, 1.165) is 31.4 Å². The number of carbonyl (C=O) groups is 1. The maximum Gasteiger partial charge on any atom is 0.224 e. The normalized spacial score (nSPS) is 32.1. The van der Waals surface area contributed by atoms with Gasteiger partial charge in [0.1, 0.15) is 0 Å². The molecule has 1 amide bonds. The van der Waals surface area contributed by atoms with E-state index < -0.39 is 0 Å². The van der Waals surface area contributed by atoms with E-state index in [1.54, 1.807) is 12.1 Å². The Labute approximate surface area is 124 Å². The Morgan fingerprint density at radius 2 is 1.75 bits per heavy atom. The minimum absolute atomic E-state index is 0.0813. The summed E-state index contributed by atoms with van der Waals surface area (Å²) >= 11 is 5.82. The Bertz CT molecular complexity index is 474. The Kier molecular flexibility index (Phi) is 3.99. The number of fused-ring (bicyclic) bond motifs is 1. The molecule has 2 N–H and O–H groups in total. The van der Waals surface area contributed by atoms with Gasteiger partial charge in [0.2, 0.25) is 5.91 Å². The first-order valence-electron chi connectivity index (χ1n) is 7.33. The Hall–Kier alpha value is -1.06. The number of amides is 1. The van der Waals surface area contributed by atoms with Gasteiger partial charge in [0, 0.05) is 17.1 Å². The average molecular weight is 294 g/mol. The van der Waals surface area contributed by atoms with Crippen LogP contribution in [0.3, 0.4) is 0 Å². The lowest BCUT2D eigenvalue weighted by Gasteiger charge is -2.12. The van der Waals surface area contributed by atoms with Gasteiger partial charge in [-0.25, -0.2) is 0 Å². The number of hydrogen-bond donors (Lipinski definition) is 2. The van der Waals surface area contributed by atoms with Crippen LogP contribution in [0.25, 0.3) is 0 Å².